The summed E-state index contributed by atoms with van der Waals surface area (Å²) in [6.07, 6.45) is 2.64. The average Bonchev–Trinajstić information content (AvgIpc) is 2.83. The van der Waals surface area contributed by atoms with Crippen LogP contribution >= 0.6 is 0 Å². The quantitative estimate of drug-likeness (QED) is 0.290. The molecular formula is C24H44N4O8S. The number of ether oxygens (including phenoxy) is 2. The third-order valence-electron chi connectivity index (χ3n) is 6.12. The van der Waals surface area contributed by atoms with Gasteiger partial charge in [0.1, 0.15) is 11.6 Å². The van der Waals surface area contributed by atoms with Gasteiger partial charge in [0.15, 0.2) is 0 Å². The Labute approximate surface area is 220 Å². The Bertz CT molecular complexity index is 880. The first kappa shape index (κ1) is 32.6. The summed E-state index contributed by atoms with van der Waals surface area (Å²) in [5, 5.41) is 4.50. The molecule has 0 radical (unpaired) electrons. The van der Waals surface area contributed by atoms with Gasteiger partial charge in [-0.2, -0.15) is 4.72 Å². The minimum Gasteiger partial charge on any atom is -0.468 e. The maximum atomic E-state index is 12.3. The number of nitrogens with zero attached hydrogens (tertiary/aromatic N) is 1. The molecule has 1 fully saturated rings. The van der Waals surface area contributed by atoms with Crippen LogP contribution in [-0.4, -0.2) is 87.4 Å². The van der Waals surface area contributed by atoms with Crippen LogP contribution < -0.4 is 15.4 Å². The summed E-state index contributed by atoms with van der Waals surface area (Å²) in [4.78, 5) is 50.1. The fraction of sp³-hybridized carbons (Fsp3) is 0.833. The Morgan fingerprint density at radius 1 is 1.03 bits per heavy atom. The summed E-state index contributed by atoms with van der Waals surface area (Å²) in [6.45, 7) is 9.77. The molecule has 37 heavy (non-hydrogen) atoms. The lowest BCUT2D eigenvalue weighted by atomic mass is 9.92. The van der Waals surface area contributed by atoms with Crippen LogP contribution in [0.1, 0.15) is 73.1 Å². The number of nitrogens with one attached hydrogen (secondary N) is 3. The van der Waals surface area contributed by atoms with Crippen LogP contribution in [0, 0.1) is 5.92 Å². The highest BCUT2D eigenvalue weighted by Gasteiger charge is 2.29. The van der Waals surface area contributed by atoms with Crippen molar-refractivity contribution in [2.24, 2.45) is 5.92 Å². The van der Waals surface area contributed by atoms with Crippen molar-refractivity contribution in [1.82, 2.24) is 20.3 Å². The van der Waals surface area contributed by atoms with Gasteiger partial charge < -0.3 is 25.0 Å². The number of rotatable bonds is 13. The number of piperidine rings is 1. The zero-order valence-electron chi connectivity index (χ0n) is 22.9. The number of sulfonamides is 1. The molecule has 0 bridgehead atoms. The van der Waals surface area contributed by atoms with Crippen molar-refractivity contribution in [3.8, 4) is 0 Å². The predicted molar refractivity (Wildman–Crippen MR) is 138 cm³/mol. The van der Waals surface area contributed by atoms with E-state index in [0.717, 1.165) is 20.0 Å². The van der Waals surface area contributed by atoms with Crippen molar-refractivity contribution >= 4 is 33.9 Å². The van der Waals surface area contributed by atoms with E-state index in [1.165, 1.54) is 6.92 Å². The Hall–Kier alpha value is -2.41. The molecule has 0 saturated carbocycles. The highest BCUT2D eigenvalue weighted by molar-refractivity contribution is 7.90. The summed E-state index contributed by atoms with van der Waals surface area (Å²) in [5.74, 6) is -1.08. The third-order valence-corrected chi connectivity index (χ3v) is 8.13. The molecule has 214 valence electrons. The molecule has 0 aromatic rings. The van der Waals surface area contributed by atoms with Gasteiger partial charge in [0.2, 0.25) is 21.8 Å². The number of amides is 3. The molecule has 0 aromatic carbocycles. The van der Waals surface area contributed by atoms with E-state index in [1.807, 2.05) is 20.8 Å². The molecule has 1 aliphatic heterocycles. The number of hydrogen-bond donors (Lipinski definition) is 3. The number of likely N-dealkylation sites (tertiary alicyclic amines) is 1. The maximum absolute atomic E-state index is 12.3. The minimum absolute atomic E-state index is 0.0218. The second-order valence-electron chi connectivity index (χ2n) is 10.3. The second kappa shape index (κ2) is 15.1. The monoisotopic (exact) mass is 548 g/mol. The summed E-state index contributed by atoms with van der Waals surface area (Å²) >= 11 is 0. The van der Waals surface area contributed by atoms with Crippen molar-refractivity contribution in [3.63, 3.8) is 0 Å². The number of carbonyl (C=O) groups excluding carboxylic acids is 4. The predicted octanol–water partition coefficient (Wildman–Crippen LogP) is 1.30. The Balaban J connectivity index is 2.32. The van der Waals surface area contributed by atoms with Crippen molar-refractivity contribution in [2.75, 3.05) is 33.3 Å². The number of hydrogen-bond acceptors (Lipinski definition) is 8. The van der Waals surface area contributed by atoms with Gasteiger partial charge in [-0.25, -0.2) is 13.2 Å². The van der Waals surface area contributed by atoms with Gasteiger partial charge in [0, 0.05) is 39.0 Å². The average molecular weight is 549 g/mol. The molecule has 13 heteroatoms. The Kier molecular flexibility index (Phi) is 13.3. The van der Waals surface area contributed by atoms with Crippen LogP contribution in [0.5, 0.6) is 0 Å². The Morgan fingerprint density at radius 3 is 2.16 bits per heavy atom. The van der Waals surface area contributed by atoms with E-state index in [9.17, 15) is 27.6 Å². The van der Waals surface area contributed by atoms with Crippen molar-refractivity contribution in [1.29, 1.82) is 0 Å². The van der Waals surface area contributed by atoms with Gasteiger partial charge >= 0.3 is 12.1 Å². The molecule has 1 aliphatic rings. The van der Waals surface area contributed by atoms with Gasteiger partial charge in [-0.05, 0) is 59.3 Å². The zero-order valence-corrected chi connectivity index (χ0v) is 23.7. The van der Waals surface area contributed by atoms with Crippen LogP contribution in [-0.2, 0) is 33.9 Å². The molecule has 1 saturated heterocycles. The van der Waals surface area contributed by atoms with Gasteiger partial charge in [0.05, 0.1) is 12.4 Å². The van der Waals surface area contributed by atoms with Crippen LogP contribution in [0.4, 0.5) is 4.79 Å². The van der Waals surface area contributed by atoms with Crippen molar-refractivity contribution in [2.45, 2.75) is 90.0 Å². The van der Waals surface area contributed by atoms with Gasteiger partial charge in [-0.3, -0.25) is 14.4 Å². The first-order chi connectivity index (χ1) is 17.2. The van der Waals surface area contributed by atoms with E-state index in [-0.39, 0.29) is 31.5 Å². The highest BCUT2D eigenvalue weighted by atomic mass is 32.2. The first-order valence-corrected chi connectivity index (χ1v) is 14.3. The van der Waals surface area contributed by atoms with E-state index in [2.05, 4.69) is 20.1 Å². The number of esters is 1. The van der Waals surface area contributed by atoms with Crippen LogP contribution in [0.3, 0.4) is 0 Å². The first-order valence-electron chi connectivity index (χ1n) is 12.8. The van der Waals surface area contributed by atoms with E-state index in [1.54, 1.807) is 11.8 Å². The van der Waals surface area contributed by atoms with E-state index in [0.29, 0.717) is 38.3 Å². The van der Waals surface area contributed by atoms with E-state index >= 15 is 0 Å². The van der Waals surface area contributed by atoms with Crippen LogP contribution in [0.2, 0.25) is 0 Å². The lowest BCUT2D eigenvalue weighted by Crippen LogP contribution is -2.51. The van der Waals surface area contributed by atoms with Gasteiger partial charge in [0.25, 0.3) is 0 Å². The Morgan fingerprint density at radius 2 is 1.62 bits per heavy atom. The highest BCUT2D eigenvalue weighted by Crippen LogP contribution is 2.23. The maximum Gasteiger partial charge on any atom is 0.410 e. The molecule has 12 nitrogen and oxygen atoms in total. The van der Waals surface area contributed by atoms with Crippen molar-refractivity contribution < 1.29 is 37.1 Å². The number of carbonyl (C=O) groups is 4. The zero-order chi connectivity index (χ0) is 28.2. The lowest BCUT2D eigenvalue weighted by molar-refractivity contribution is -0.142. The molecule has 3 N–H and O–H groups in total. The third kappa shape index (κ3) is 12.6. The largest absolute Gasteiger partial charge is 0.468 e. The molecule has 0 spiro atoms. The van der Waals surface area contributed by atoms with Crippen LogP contribution in [0.25, 0.3) is 0 Å². The topological polar surface area (TPSA) is 160 Å². The van der Waals surface area contributed by atoms with E-state index in [4.69, 9.17) is 4.74 Å². The fourth-order valence-electron chi connectivity index (χ4n) is 3.62. The molecule has 0 aliphatic carbocycles. The minimum atomic E-state index is -3.76. The van der Waals surface area contributed by atoms with Gasteiger partial charge in [-0.15, -0.1) is 0 Å². The van der Waals surface area contributed by atoms with Crippen molar-refractivity contribution in [3.05, 3.63) is 0 Å². The molecule has 3 amide bonds. The molecule has 1 heterocycles. The number of methoxy groups -OCH3 is 1. The molecule has 2 atom stereocenters. The smallest absolute Gasteiger partial charge is 0.410 e. The van der Waals surface area contributed by atoms with E-state index < -0.39 is 38.8 Å². The molecule has 1 rings (SSSR count). The molecule has 0 aromatic heterocycles. The summed E-state index contributed by atoms with van der Waals surface area (Å²) in [5.41, 5.74) is -0.531. The SMILES string of the molecule is CCC(C)S(=O)(=O)N[C@@H](CNC(=O)CCNC(=O)CCC1CCN(C(=O)OC(C)(C)C)CC1)C(=O)OC. The molecule has 1 unspecified atom stereocenters. The second-order valence-corrected chi connectivity index (χ2v) is 12.4. The lowest BCUT2D eigenvalue weighted by Gasteiger charge is -2.33. The summed E-state index contributed by atoms with van der Waals surface area (Å²) in [7, 11) is -2.62. The summed E-state index contributed by atoms with van der Waals surface area (Å²) in [6, 6.07) is -1.25. The standard InChI is InChI=1S/C24H44N4O8S/c1-7-17(2)37(33,34)27-19(22(31)35-6)16-26-21(30)10-13-25-20(29)9-8-18-11-14-28(15-12-18)23(32)36-24(3,4)5/h17-19,27H,7-16H2,1-6H3,(H,25,29)(H,26,30)/t17?,19-/m0/s1. The normalized spacial score (nSPS) is 16.4. The summed E-state index contributed by atoms with van der Waals surface area (Å²) < 4.78 is 36.8. The molecular weight excluding hydrogens is 504 g/mol. The van der Waals surface area contributed by atoms with Crippen LogP contribution in [0.15, 0.2) is 0 Å². The van der Waals surface area contributed by atoms with Gasteiger partial charge in [-0.1, -0.05) is 6.92 Å². The fourth-order valence-corrected chi connectivity index (χ4v) is 4.87.